The summed E-state index contributed by atoms with van der Waals surface area (Å²) in [7, 11) is 0. The first kappa shape index (κ1) is 6.78. The van der Waals surface area contributed by atoms with Gasteiger partial charge in [0, 0.05) is 0 Å². The third-order valence-corrected chi connectivity index (χ3v) is 0.544. The highest BCUT2D eigenvalue weighted by molar-refractivity contribution is 7.78. The van der Waals surface area contributed by atoms with Gasteiger partial charge in [0.1, 0.15) is 0 Å². The Morgan fingerprint density at radius 3 is 1.86 bits per heavy atom. The summed E-state index contributed by atoms with van der Waals surface area (Å²) in [5.74, 6) is 0. The highest BCUT2D eigenvalue weighted by atomic mass is 32.1. The predicted molar refractivity (Wildman–Crippen MR) is 34.3 cm³/mol. The second kappa shape index (κ2) is 5.78. The molecule has 0 rings (SSSR count). The Bertz CT molecular complexity index is 56.0. The van der Waals surface area contributed by atoms with Crippen LogP contribution in [0.15, 0.2) is 0 Å². The van der Waals surface area contributed by atoms with E-state index in [0.29, 0.717) is 0 Å². The van der Waals surface area contributed by atoms with Crippen molar-refractivity contribution in [1.29, 1.82) is 0 Å². The maximum Gasteiger partial charge on any atom is 0.231 e. The topological polar surface area (TPSA) is 18.5 Å². The molecule has 0 aliphatic heterocycles. The molecule has 0 spiro atoms. The number of thiocarbonyl (C=S) groups is 2. The van der Waals surface area contributed by atoms with Crippen molar-refractivity contribution in [2.24, 2.45) is 0 Å². The number of hydrogen-bond donors (Lipinski definition) is 0. The number of hydrogen-bond acceptors (Lipinski definition) is 4. The average Bonchev–Trinajstić information content (AvgIpc) is 1.69. The molecule has 0 aliphatic carbocycles. The van der Waals surface area contributed by atoms with Crippen molar-refractivity contribution in [2.75, 3.05) is 6.79 Å². The van der Waals surface area contributed by atoms with Crippen molar-refractivity contribution in [1.82, 2.24) is 0 Å². The second-order valence-corrected chi connectivity index (χ2v) is 1.03. The molecule has 0 amide bonds. The molecule has 0 atom stereocenters. The zero-order chi connectivity index (χ0) is 5.54. The molecule has 0 fully saturated rings. The van der Waals surface area contributed by atoms with Gasteiger partial charge in [-0.3, -0.25) is 0 Å². The van der Waals surface area contributed by atoms with Crippen LogP contribution in [0, 0.1) is 0 Å². The fraction of sp³-hybridized carbons (Fsp3) is 0.333. The smallest absolute Gasteiger partial charge is 0.231 e. The monoisotopic (exact) mass is 136 g/mol. The normalized spacial score (nSPS) is 6.86. The summed E-state index contributed by atoms with van der Waals surface area (Å²) < 4.78 is 8.89. The van der Waals surface area contributed by atoms with E-state index < -0.39 is 0 Å². The van der Waals surface area contributed by atoms with Crippen LogP contribution in [0.4, 0.5) is 0 Å². The Labute approximate surface area is 52.4 Å². The molecule has 0 heterocycles. The summed E-state index contributed by atoms with van der Waals surface area (Å²) in [5.41, 5.74) is 2.25. The molecule has 0 radical (unpaired) electrons. The predicted octanol–water partition coefficient (Wildman–Crippen LogP) is 0.891. The highest BCUT2D eigenvalue weighted by Gasteiger charge is 1.70. The average molecular weight is 136 g/mol. The minimum atomic E-state index is 0.118. The Kier molecular flexibility index (Phi) is 5.60. The summed E-state index contributed by atoms with van der Waals surface area (Å²) in [6.45, 7) is 0.118. The summed E-state index contributed by atoms with van der Waals surface area (Å²) in [5, 5.41) is 0. The Hall–Kier alpha value is -0.220. The fourth-order valence-corrected chi connectivity index (χ4v) is 0.206. The molecule has 0 bridgehead atoms. The molecule has 4 heteroatoms. The third-order valence-electron chi connectivity index (χ3n) is 0.272. The van der Waals surface area contributed by atoms with Crippen LogP contribution in [0.1, 0.15) is 0 Å². The van der Waals surface area contributed by atoms with E-state index in [1.54, 1.807) is 0 Å². The lowest BCUT2D eigenvalue weighted by Crippen LogP contribution is -1.92. The molecule has 0 saturated heterocycles. The van der Waals surface area contributed by atoms with Crippen molar-refractivity contribution in [2.45, 2.75) is 0 Å². The molecule has 0 aliphatic rings. The molecular formula is C3H4O2S2. The standard InChI is InChI=1S/C3H4O2S2/c6-2-4-1-5-3-7/h2-3H,1H2. The quantitative estimate of drug-likeness (QED) is 0.324. The highest BCUT2D eigenvalue weighted by Crippen LogP contribution is 1.68. The van der Waals surface area contributed by atoms with Crippen LogP contribution in [-0.2, 0) is 9.47 Å². The first-order valence-corrected chi connectivity index (χ1v) is 2.46. The van der Waals surface area contributed by atoms with E-state index in [0.717, 1.165) is 11.1 Å². The van der Waals surface area contributed by atoms with Gasteiger partial charge in [0.15, 0.2) is 11.1 Å². The van der Waals surface area contributed by atoms with Gasteiger partial charge in [0.25, 0.3) is 0 Å². The minimum absolute atomic E-state index is 0.118. The summed E-state index contributed by atoms with van der Waals surface area (Å²) >= 11 is 8.58. The van der Waals surface area contributed by atoms with Gasteiger partial charge < -0.3 is 9.47 Å². The van der Waals surface area contributed by atoms with Crippen molar-refractivity contribution < 1.29 is 9.47 Å². The van der Waals surface area contributed by atoms with Crippen LogP contribution in [-0.4, -0.2) is 17.9 Å². The summed E-state index contributed by atoms with van der Waals surface area (Å²) in [4.78, 5) is 0. The van der Waals surface area contributed by atoms with Crippen molar-refractivity contribution >= 4 is 35.5 Å². The van der Waals surface area contributed by atoms with Crippen LogP contribution < -0.4 is 0 Å². The van der Waals surface area contributed by atoms with E-state index in [2.05, 4.69) is 33.9 Å². The van der Waals surface area contributed by atoms with Gasteiger partial charge in [-0.05, 0) is 24.4 Å². The molecule has 0 aromatic rings. The second-order valence-electron chi connectivity index (χ2n) is 0.644. The van der Waals surface area contributed by atoms with E-state index in [1.165, 1.54) is 0 Å². The zero-order valence-corrected chi connectivity index (χ0v) is 5.13. The summed E-state index contributed by atoms with van der Waals surface area (Å²) in [6.07, 6.45) is 0. The van der Waals surface area contributed by atoms with Crippen molar-refractivity contribution in [3.05, 3.63) is 0 Å². The number of rotatable bonds is 4. The Morgan fingerprint density at radius 2 is 1.57 bits per heavy atom. The molecule has 7 heavy (non-hydrogen) atoms. The van der Waals surface area contributed by atoms with Crippen molar-refractivity contribution in [3.63, 3.8) is 0 Å². The van der Waals surface area contributed by atoms with Crippen LogP contribution in [0.25, 0.3) is 0 Å². The van der Waals surface area contributed by atoms with E-state index in [-0.39, 0.29) is 6.79 Å². The molecule has 0 N–H and O–H groups in total. The zero-order valence-electron chi connectivity index (χ0n) is 3.49. The van der Waals surface area contributed by atoms with Crippen LogP contribution in [0.3, 0.4) is 0 Å². The van der Waals surface area contributed by atoms with E-state index in [4.69, 9.17) is 0 Å². The van der Waals surface area contributed by atoms with Gasteiger partial charge in [-0.25, -0.2) is 0 Å². The Morgan fingerprint density at radius 1 is 1.14 bits per heavy atom. The first-order valence-electron chi connectivity index (χ1n) is 1.52. The molecule has 0 aromatic carbocycles. The molecule has 40 valence electrons. The molecule has 0 aromatic heterocycles. The lowest BCUT2D eigenvalue weighted by atomic mass is 11.4. The maximum absolute atomic E-state index is 4.44. The van der Waals surface area contributed by atoms with Gasteiger partial charge >= 0.3 is 0 Å². The van der Waals surface area contributed by atoms with Crippen LogP contribution in [0.2, 0.25) is 0 Å². The SMILES string of the molecule is S=COCOC=S. The van der Waals surface area contributed by atoms with Gasteiger partial charge in [0.05, 0.1) is 0 Å². The fourth-order valence-electron chi connectivity index (χ4n) is 0.0948. The van der Waals surface area contributed by atoms with Gasteiger partial charge in [-0.15, -0.1) is 0 Å². The van der Waals surface area contributed by atoms with Crippen LogP contribution >= 0.6 is 24.4 Å². The maximum atomic E-state index is 4.44. The Balaban J connectivity index is 2.68. The van der Waals surface area contributed by atoms with E-state index in [9.17, 15) is 0 Å². The largest absolute Gasteiger partial charge is 0.454 e. The summed E-state index contributed by atoms with van der Waals surface area (Å²) in [6, 6.07) is 0. The molecule has 2 nitrogen and oxygen atoms in total. The van der Waals surface area contributed by atoms with E-state index in [1.807, 2.05) is 0 Å². The van der Waals surface area contributed by atoms with Crippen LogP contribution in [0.5, 0.6) is 0 Å². The third kappa shape index (κ3) is 5.78. The lowest BCUT2D eigenvalue weighted by molar-refractivity contribution is 0.119. The number of ether oxygens (including phenoxy) is 2. The van der Waals surface area contributed by atoms with E-state index >= 15 is 0 Å². The minimum Gasteiger partial charge on any atom is -0.454 e. The molecule has 0 unspecified atom stereocenters. The van der Waals surface area contributed by atoms with Gasteiger partial charge in [0.2, 0.25) is 6.79 Å². The lowest BCUT2D eigenvalue weighted by Gasteiger charge is -1.93. The van der Waals surface area contributed by atoms with Crippen molar-refractivity contribution in [3.8, 4) is 0 Å². The first-order chi connectivity index (χ1) is 3.41. The van der Waals surface area contributed by atoms with Gasteiger partial charge in [-0.1, -0.05) is 0 Å². The van der Waals surface area contributed by atoms with Gasteiger partial charge in [-0.2, -0.15) is 0 Å². The molecular weight excluding hydrogens is 132 g/mol. The molecule has 0 saturated carbocycles.